The van der Waals surface area contributed by atoms with Gasteiger partial charge in [0.05, 0.1) is 12.7 Å². The molecule has 2 aromatic rings. The van der Waals surface area contributed by atoms with Crippen molar-refractivity contribution in [1.29, 1.82) is 0 Å². The number of rotatable bonds is 5. The molecule has 5 nitrogen and oxygen atoms in total. The Morgan fingerprint density at radius 3 is 2.54 bits per heavy atom. The molecule has 1 fully saturated rings. The first-order chi connectivity index (χ1) is 13.4. The number of carbonyl (C=O) groups is 2. The molecule has 0 aromatic heterocycles. The van der Waals surface area contributed by atoms with E-state index in [9.17, 15) is 9.59 Å². The number of methoxy groups -OCH3 is 1. The van der Waals surface area contributed by atoms with Crippen molar-refractivity contribution in [1.82, 2.24) is 4.90 Å². The average molecular weight is 401 g/mol. The van der Waals surface area contributed by atoms with E-state index in [1.54, 1.807) is 23.1 Å². The van der Waals surface area contributed by atoms with Crippen molar-refractivity contribution in [2.24, 2.45) is 0 Å². The van der Waals surface area contributed by atoms with Crippen molar-refractivity contribution < 1.29 is 14.3 Å². The minimum Gasteiger partial charge on any atom is -0.496 e. The van der Waals surface area contributed by atoms with Gasteiger partial charge in [-0.25, -0.2) is 0 Å². The molecule has 28 heavy (non-hydrogen) atoms. The lowest BCUT2D eigenvalue weighted by molar-refractivity contribution is -0.119. The van der Waals surface area contributed by atoms with E-state index in [0.717, 1.165) is 12.1 Å². The van der Waals surface area contributed by atoms with Gasteiger partial charge in [0, 0.05) is 17.3 Å². The summed E-state index contributed by atoms with van der Waals surface area (Å²) in [5.41, 5.74) is 2.31. The Labute approximate surface area is 170 Å². The fourth-order valence-corrected chi connectivity index (χ4v) is 3.63. The zero-order valence-corrected chi connectivity index (χ0v) is 17.1. The number of ether oxygens (including phenoxy) is 1. The fraction of sp³-hybridized carbons (Fsp3) is 0.364. The lowest BCUT2D eigenvalue weighted by atomic mass is 10.0. The van der Waals surface area contributed by atoms with Crippen LogP contribution in [0.3, 0.4) is 0 Å². The Bertz CT molecular complexity index is 865. The van der Waals surface area contributed by atoms with Gasteiger partial charge in [-0.3, -0.25) is 9.59 Å². The van der Waals surface area contributed by atoms with E-state index in [1.807, 2.05) is 24.3 Å². The van der Waals surface area contributed by atoms with E-state index in [2.05, 4.69) is 19.2 Å². The van der Waals surface area contributed by atoms with Crippen LogP contribution >= 0.6 is 11.6 Å². The molecular formula is C22H25ClN2O3. The first-order valence-electron chi connectivity index (χ1n) is 9.46. The molecule has 2 amide bonds. The van der Waals surface area contributed by atoms with Gasteiger partial charge < -0.3 is 15.0 Å². The van der Waals surface area contributed by atoms with Crippen LogP contribution in [0.15, 0.2) is 42.5 Å². The van der Waals surface area contributed by atoms with Crippen LogP contribution in [-0.2, 0) is 4.79 Å². The molecule has 3 rings (SSSR count). The number of hydrogen-bond acceptors (Lipinski definition) is 3. The Morgan fingerprint density at radius 1 is 1.18 bits per heavy atom. The highest BCUT2D eigenvalue weighted by molar-refractivity contribution is 6.31. The molecule has 1 aliphatic heterocycles. The Hall–Kier alpha value is -2.53. The monoisotopic (exact) mass is 400 g/mol. The van der Waals surface area contributed by atoms with Gasteiger partial charge in [0.25, 0.3) is 5.91 Å². The Kier molecular flexibility index (Phi) is 6.25. The molecular weight excluding hydrogens is 376 g/mol. The third-order valence-corrected chi connectivity index (χ3v) is 5.29. The molecule has 1 heterocycles. The van der Waals surface area contributed by atoms with Crippen LogP contribution in [0.25, 0.3) is 0 Å². The molecule has 1 unspecified atom stereocenters. The van der Waals surface area contributed by atoms with Gasteiger partial charge in [-0.1, -0.05) is 37.6 Å². The molecule has 0 aliphatic carbocycles. The SMILES string of the molecule is COc1ccc(Cl)cc1C(=O)N1CCCC1C(=O)Nc1ccc(C(C)C)cc1. The molecule has 0 radical (unpaired) electrons. The second-order valence-electron chi connectivity index (χ2n) is 7.27. The number of nitrogens with one attached hydrogen (secondary N) is 1. The summed E-state index contributed by atoms with van der Waals surface area (Å²) in [5.74, 6) is 0.460. The number of amides is 2. The van der Waals surface area contributed by atoms with Gasteiger partial charge in [0.15, 0.2) is 0 Å². The number of likely N-dealkylation sites (tertiary alicyclic amines) is 1. The molecule has 1 saturated heterocycles. The number of benzene rings is 2. The molecule has 0 bridgehead atoms. The van der Waals surface area contributed by atoms with Crippen LogP contribution in [0.1, 0.15) is 48.5 Å². The van der Waals surface area contributed by atoms with Crippen LogP contribution < -0.4 is 10.1 Å². The van der Waals surface area contributed by atoms with Crippen LogP contribution in [0, 0.1) is 0 Å². The highest BCUT2D eigenvalue weighted by atomic mass is 35.5. The van der Waals surface area contributed by atoms with Gasteiger partial charge in [-0.2, -0.15) is 0 Å². The highest BCUT2D eigenvalue weighted by Crippen LogP contribution is 2.28. The van der Waals surface area contributed by atoms with Gasteiger partial charge in [-0.15, -0.1) is 0 Å². The smallest absolute Gasteiger partial charge is 0.258 e. The summed E-state index contributed by atoms with van der Waals surface area (Å²) in [6.07, 6.45) is 1.41. The van der Waals surface area contributed by atoms with Crippen molar-refractivity contribution >= 4 is 29.1 Å². The maximum Gasteiger partial charge on any atom is 0.258 e. The normalized spacial score (nSPS) is 16.3. The number of halogens is 1. The quantitative estimate of drug-likeness (QED) is 0.790. The standard InChI is InChI=1S/C22H25ClN2O3/c1-14(2)15-6-9-17(10-7-15)24-21(26)19-5-4-12-25(19)22(27)18-13-16(23)8-11-20(18)28-3/h6-11,13-14,19H,4-5,12H2,1-3H3,(H,24,26). The molecule has 1 atom stereocenters. The summed E-state index contributed by atoms with van der Waals surface area (Å²) in [7, 11) is 1.51. The van der Waals surface area contributed by atoms with Gasteiger partial charge in [-0.05, 0) is 54.7 Å². The van der Waals surface area contributed by atoms with E-state index in [4.69, 9.17) is 16.3 Å². The topological polar surface area (TPSA) is 58.6 Å². The molecule has 6 heteroatoms. The maximum absolute atomic E-state index is 13.1. The fourth-order valence-electron chi connectivity index (χ4n) is 3.46. The minimum atomic E-state index is -0.513. The average Bonchev–Trinajstić information content (AvgIpc) is 3.17. The number of anilines is 1. The Morgan fingerprint density at radius 2 is 1.89 bits per heavy atom. The molecule has 0 saturated carbocycles. The van der Waals surface area contributed by atoms with E-state index in [0.29, 0.717) is 35.2 Å². The molecule has 1 aliphatic rings. The van der Waals surface area contributed by atoms with Gasteiger partial charge in [0.1, 0.15) is 11.8 Å². The molecule has 0 spiro atoms. The van der Waals surface area contributed by atoms with Crippen molar-refractivity contribution in [2.75, 3.05) is 19.0 Å². The van der Waals surface area contributed by atoms with Crippen molar-refractivity contribution in [3.8, 4) is 5.75 Å². The highest BCUT2D eigenvalue weighted by Gasteiger charge is 2.35. The summed E-state index contributed by atoms with van der Waals surface area (Å²) >= 11 is 6.06. The largest absolute Gasteiger partial charge is 0.496 e. The van der Waals surface area contributed by atoms with Crippen LogP contribution in [0.4, 0.5) is 5.69 Å². The number of nitrogens with zero attached hydrogens (tertiary/aromatic N) is 1. The second kappa shape index (κ2) is 8.65. The van der Waals surface area contributed by atoms with E-state index < -0.39 is 6.04 Å². The van der Waals surface area contributed by atoms with Crippen LogP contribution in [0.5, 0.6) is 5.75 Å². The third kappa shape index (κ3) is 4.30. The van der Waals surface area contributed by atoms with Crippen molar-refractivity contribution in [3.05, 3.63) is 58.6 Å². The van der Waals surface area contributed by atoms with Crippen LogP contribution in [-0.4, -0.2) is 36.4 Å². The number of carbonyl (C=O) groups excluding carboxylic acids is 2. The molecule has 148 valence electrons. The van der Waals surface area contributed by atoms with Crippen LogP contribution in [0.2, 0.25) is 5.02 Å². The Balaban J connectivity index is 1.76. The predicted octanol–water partition coefficient (Wildman–Crippen LogP) is 4.72. The molecule has 1 N–H and O–H groups in total. The first kappa shape index (κ1) is 20.2. The number of hydrogen-bond donors (Lipinski definition) is 1. The van der Waals surface area contributed by atoms with E-state index >= 15 is 0 Å². The first-order valence-corrected chi connectivity index (χ1v) is 9.84. The van der Waals surface area contributed by atoms with Crippen molar-refractivity contribution in [3.63, 3.8) is 0 Å². The van der Waals surface area contributed by atoms with Crippen molar-refractivity contribution in [2.45, 2.75) is 38.6 Å². The van der Waals surface area contributed by atoms with E-state index in [1.165, 1.54) is 12.7 Å². The summed E-state index contributed by atoms with van der Waals surface area (Å²) in [4.78, 5) is 27.5. The summed E-state index contributed by atoms with van der Waals surface area (Å²) < 4.78 is 5.30. The summed E-state index contributed by atoms with van der Waals surface area (Å²) in [6, 6.07) is 12.2. The second-order valence-corrected chi connectivity index (χ2v) is 7.70. The zero-order valence-electron chi connectivity index (χ0n) is 16.4. The third-order valence-electron chi connectivity index (χ3n) is 5.05. The lowest BCUT2D eigenvalue weighted by Gasteiger charge is -2.25. The molecule has 2 aromatic carbocycles. The van der Waals surface area contributed by atoms with E-state index in [-0.39, 0.29) is 11.8 Å². The van der Waals surface area contributed by atoms with Gasteiger partial charge in [0.2, 0.25) is 5.91 Å². The van der Waals surface area contributed by atoms with Gasteiger partial charge >= 0.3 is 0 Å². The maximum atomic E-state index is 13.1. The summed E-state index contributed by atoms with van der Waals surface area (Å²) in [5, 5.41) is 3.39. The summed E-state index contributed by atoms with van der Waals surface area (Å²) in [6.45, 7) is 4.78. The minimum absolute atomic E-state index is 0.177. The lowest BCUT2D eigenvalue weighted by Crippen LogP contribution is -2.43. The zero-order chi connectivity index (χ0) is 20.3. The predicted molar refractivity (Wildman–Crippen MR) is 111 cm³/mol.